The molecule has 1 N–H and O–H groups in total. The molecule has 3 aromatic heterocycles. The molecule has 1 fully saturated rings. The Labute approximate surface area is 404 Å². The number of benzene rings is 5. The zero-order valence-electron chi connectivity index (χ0n) is 40.8. The second-order valence-corrected chi connectivity index (χ2v) is 24.9. The molecule has 1 aliphatic rings. The molecular weight excluding hydrogens is 853 g/mol. The molecule has 0 aliphatic carbocycles. The number of hydrogen-bond donors (Lipinski definition) is 1. The summed E-state index contributed by atoms with van der Waals surface area (Å²) < 4.78 is 11.2. The zero-order valence-corrected chi connectivity index (χ0v) is 41.8. The summed E-state index contributed by atoms with van der Waals surface area (Å²) >= 11 is 0. The molecule has 0 bridgehead atoms. The first-order valence-corrected chi connectivity index (χ1v) is 26.6. The molecule has 0 radical (unpaired) electrons. The Balaban J connectivity index is 1.14. The van der Waals surface area contributed by atoms with Gasteiger partial charge in [0, 0.05) is 37.5 Å². The lowest BCUT2D eigenvalue weighted by Gasteiger charge is -2.42. The highest BCUT2D eigenvalue weighted by Gasteiger charge is 2.47. The van der Waals surface area contributed by atoms with Crippen molar-refractivity contribution in [3.63, 3.8) is 0 Å². The molecule has 0 spiro atoms. The summed E-state index contributed by atoms with van der Waals surface area (Å²) in [7, 11) is -0.204. The SMILES string of the molecule is CNc1cc(/C(=C/CN2CC[C@@H](Cc3ccccc3)C2)c2cnn(Cc3cccc(O[Si](C(C)C)(C(C)C)C(C)C)c3)c2)c2nnn(C(c3ccccc3)(c3ccccc3)c3ccccc3)c2n1. The van der Waals surface area contributed by atoms with E-state index in [1.807, 2.05) is 22.6 Å². The quantitative estimate of drug-likeness (QED) is 0.0678. The van der Waals surface area contributed by atoms with Crippen molar-refractivity contribution >= 4 is 30.9 Å². The fraction of sp³-hybridized carbons (Fsp3) is 0.310. The van der Waals surface area contributed by atoms with Crippen LogP contribution in [0, 0.1) is 5.92 Å². The minimum absolute atomic E-state index is 0.483. The molecule has 10 heteroatoms. The predicted octanol–water partition coefficient (Wildman–Crippen LogP) is 12.5. The number of nitrogens with one attached hydrogen (secondary N) is 1. The van der Waals surface area contributed by atoms with E-state index in [4.69, 9.17) is 24.8 Å². The summed E-state index contributed by atoms with van der Waals surface area (Å²) in [5.41, 5.74) is 10.7. The van der Waals surface area contributed by atoms with E-state index in [1.54, 1.807) is 0 Å². The molecule has 5 aromatic carbocycles. The van der Waals surface area contributed by atoms with Crippen LogP contribution in [0.5, 0.6) is 5.75 Å². The number of likely N-dealkylation sites (tertiary alicyclic amines) is 1. The van der Waals surface area contributed by atoms with Crippen LogP contribution in [0.2, 0.25) is 16.6 Å². The average molecular weight is 919 g/mol. The van der Waals surface area contributed by atoms with Gasteiger partial charge in [0.15, 0.2) is 5.65 Å². The van der Waals surface area contributed by atoms with Gasteiger partial charge in [0.1, 0.15) is 22.6 Å². The molecular formula is C58H66N8OSi. The van der Waals surface area contributed by atoms with E-state index in [0.29, 0.717) is 34.7 Å². The molecule has 9 rings (SSSR count). The summed E-state index contributed by atoms with van der Waals surface area (Å²) in [6, 6.07) is 53.5. The molecule has 8 aromatic rings. The predicted molar refractivity (Wildman–Crippen MR) is 281 cm³/mol. The van der Waals surface area contributed by atoms with Crippen LogP contribution in [-0.2, 0) is 18.5 Å². The number of hydrogen-bond acceptors (Lipinski definition) is 7. The van der Waals surface area contributed by atoms with E-state index < -0.39 is 13.9 Å². The molecule has 68 heavy (non-hydrogen) atoms. The molecule has 0 unspecified atom stereocenters. The van der Waals surface area contributed by atoms with Crippen LogP contribution >= 0.6 is 0 Å². The van der Waals surface area contributed by atoms with Crippen LogP contribution < -0.4 is 9.74 Å². The second kappa shape index (κ2) is 20.3. The van der Waals surface area contributed by atoms with Crippen LogP contribution in [0.1, 0.15) is 86.9 Å². The van der Waals surface area contributed by atoms with Crippen molar-refractivity contribution in [1.29, 1.82) is 0 Å². The largest absolute Gasteiger partial charge is 0.543 e. The van der Waals surface area contributed by atoms with E-state index in [0.717, 1.165) is 82.1 Å². The molecule has 0 amide bonds. The van der Waals surface area contributed by atoms with Crippen molar-refractivity contribution in [2.75, 3.05) is 32.0 Å². The van der Waals surface area contributed by atoms with Gasteiger partial charge < -0.3 is 9.74 Å². The molecule has 9 nitrogen and oxygen atoms in total. The van der Waals surface area contributed by atoms with Gasteiger partial charge in [0.25, 0.3) is 8.32 Å². The lowest BCUT2D eigenvalue weighted by Crippen LogP contribution is -2.50. The molecule has 1 aliphatic heterocycles. The van der Waals surface area contributed by atoms with E-state index >= 15 is 0 Å². The summed E-state index contributed by atoms with van der Waals surface area (Å²) in [5, 5.41) is 18.7. The van der Waals surface area contributed by atoms with Crippen molar-refractivity contribution in [3.8, 4) is 5.75 Å². The van der Waals surface area contributed by atoms with Crippen LogP contribution in [-0.4, -0.2) is 69.7 Å². The van der Waals surface area contributed by atoms with Crippen LogP contribution in [0.25, 0.3) is 16.7 Å². The number of fused-ring (bicyclic) bond motifs is 1. The highest BCUT2D eigenvalue weighted by atomic mass is 28.4. The van der Waals surface area contributed by atoms with E-state index in [-0.39, 0.29) is 0 Å². The number of anilines is 1. The molecule has 348 valence electrons. The van der Waals surface area contributed by atoms with E-state index in [2.05, 4.69) is 216 Å². The van der Waals surface area contributed by atoms with Crippen molar-refractivity contribution < 1.29 is 4.43 Å². The van der Waals surface area contributed by atoms with Gasteiger partial charge in [0.05, 0.1) is 12.7 Å². The van der Waals surface area contributed by atoms with Gasteiger partial charge in [-0.25, -0.2) is 9.67 Å². The van der Waals surface area contributed by atoms with Crippen molar-refractivity contribution in [2.45, 2.75) is 83.1 Å². The minimum atomic E-state index is -2.13. The van der Waals surface area contributed by atoms with Crippen molar-refractivity contribution in [1.82, 2.24) is 34.7 Å². The third kappa shape index (κ3) is 9.19. The lowest BCUT2D eigenvalue weighted by molar-refractivity contribution is 0.358. The van der Waals surface area contributed by atoms with E-state index in [9.17, 15) is 0 Å². The highest BCUT2D eigenvalue weighted by molar-refractivity contribution is 6.78. The smallest absolute Gasteiger partial charge is 0.258 e. The van der Waals surface area contributed by atoms with Crippen LogP contribution in [0.3, 0.4) is 0 Å². The van der Waals surface area contributed by atoms with Crippen LogP contribution in [0.4, 0.5) is 5.82 Å². The third-order valence-corrected chi connectivity index (χ3v) is 20.3. The Bertz CT molecular complexity index is 2810. The molecule has 1 saturated heterocycles. The summed E-state index contributed by atoms with van der Waals surface area (Å²) in [6.45, 7) is 17.5. The monoisotopic (exact) mass is 919 g/mol. The third-order valence-electron chi connectivity index (χ3n) is 14.3. The molecule has 4 heterocycles. The van der Waals surface area contributed by atoms with Crippen LogP contribution in [0.15, 0.2) is 170 Å². The lowest BCUT2D eigenvalue weighted by atomic mass is 9.77. The Morgan fingerprint density at radius 2 is 1.34 bits per heavy atom. The fourth-order valence-corrected chi connectivity index (χ4v) is 16.4. The van der Waals surface area contributed by atoms with Gasteiger partial charge in [-0.2, -0.15) is 5.10 Å². The van der Waals surface area contributed by atoms with Gasteiger partial charge in [-0.1, -0.05) is 186 Å². The Morgan fingerprint density at radius 3 is 1.93 bits per heavy atom. The Hall–Kier alpha value is -6.62. The van der Waals surface area contributed by atoms with Gasteiger partial charge in [-0.05, 0) is 93.5 Å². The first-order valence-electron chi connectivity index (χ1n) is 24.5. The number of rotatable bonds is 18. The number of aromatic nitrogens is 6. The maximum absolute atomic E-state index is 7.13. The van der Waals surface area contributed by atoms with Gasteiger partial charge in [-0.15, -0.1) is 5.10 Å². The first-order chi connectivity index (χ1) is 33.1. The molecule has 1 atom stereocenters. The maximum Gasteiger partial charge on any atom is 0.258 e. The van der Waals surface area contributed by atoms with Crippen molar-refractivity contribution in [3.05, 3.63) is 209 Å². The number of nitrogens with zero attached hydrogens (tertiary/aromatic N) is 7. The average Bonchev–Trinajstić information content (AvgIpc) is 4.13. The Kier molecular flexibility index (Phi) is 13.9. The standard InChI is InChI=1S/C58H66N8OSi/c1-42(2)68(43(3)4,44(5)6)67-52-30-20-23-46(36-52)40-65-41-48(38-60-65)53(32-34-64-33-31-47(39-64)35-45-21-12-8-13-22-45)54-37-55(59-7)61-57-56(54)62-63-66(57)58(49-24-14-9-15-25-49,50-26-16-10-17-27-50)51-28-18-11-19-29-51/h8-30,32,36-38,41-44,47H,31,33-35,39-40H2,1-7H3,(H,59,61)/b53-32+/t47-/m0/s1. The van der Waals surface area contributed by atoms with Gasteiger partial charge in [0.2, 0.25) is 0 Å². The second-order valence-electron chi connectivity index (χ2n) is 19.5. The summed E-state index contributed by atoms with van der Waals surface area (Å²) in [5.74, 6) is 2.28. The fourth-order valence-electron chi connectivity index (χ4n) is 11.2. The maximum atomic E-state index is 7.13. The van der Waals surface area contributed by atoms with Gasteiger partial charge >= 0.3 is 0 Å². The molecule has 0 saturated carbocycles. The van der Waals surface area contributed by atoms with E-state index in [1.165, 1.54) is 12.0 Å². The van der Waals surface area contributed by atoms with Crippen molar-refractivity contribution in [2.24, 2.45) is 5.92 Å². The first kappa shape index (κ1) is 46.5. The number of pyridine rings is 1. The normalized spacial score (nSPS) is 15.0. The highest BCUT2D eigenvalue weighted by Crippen LogP contribution is 2.44. The summed E-state index contributed by atoms with van der Waals surface area (Å²) in [4.78, 5) is 7.89. The topological polar surface area (TPSA) is 85.9 Å². The Morgan fingerprint density at radius 1 is 0.750 bits per heavy atom. The summed E-state index contributed by atoms with van der Waals surface area (Å²) in [6.07, 6.45) is 8.82. The zero-order chi connectivity index (χ0) is 47.3. The van der Waals surface area contributed by atoms with Gasteiger partial charge in [-0.3, -0.25) is 9.58 Å². The minimum Gasteiger partial charge on any atom is -0.543 e.